The summed E-state index contributed by atoms with van der Waals surface area (Å²) in [6.45, 7) is -0.377. The number of allylic oxidation sites excluding steroid dienone is 1. The lowest BCUT2D eigenvalue weighted by Crippen LogP contribution is -2.16. The maximum atomic E-state index is 12.9. The van der Waals surface area contributed by atoms with Crippen LogP contribution in [0.15, 0.2) is 59.2 Å². The van der Waals surface area contributed by atoms with Crippen LogP contribution >= 0.6 is 0 Å². The molecular formula is C24H20F3NO4. The van der Waals surface area contributed by atoms with Gasteiger partial charge >= 0.3 is 12.1 Å². The van der Waals surface area contributed by atoms with Crippen LogP contribution in [0, 0.1) is 5.92 Å². The number of hydrogen-bond donors (Lipinski definition) is 1. The van der Waals surface area contributed by atoms with Crippen LogP contribution in [0.5, 0.6) is 5.75 Å². The van der Waals surface area contributed by atoms with Gasteiger partial charge in [-0.25, -0.2) is 9.78 Å². The maximum absolute atomic E-state index is 12.9. The van der Waals surface area contributed by atoms with Crippen molar-refractivity contribution in [3.05, 3.63) is 77.4 Å². The molecule has 166 valence electrons. The summed E-state index contributed by atoms with van der Waals surface area (Å²) in [7, 11) is 0. The third kappa shape index (κ3) is 5.01. The molecule has 5 nitrogen and oxygen atoms in total. The number of carboxylic acid groups (broad SMARTS) is 1. The third-order valence-corrected chi connectivity index (χ3v) is 5.35. The van der Waals surface area contributed by atoms with E-state index >= 15 is 0 Å². The Morgan fingerprint density at radius 2 is 2.06 bits per heavy atom. The number of nitrogens with zero attached hydrogens (tertiary/aromatic N) is 1. The highest BCUT2D eigenvalue weighted by Gasteiger charge is 2.30. The zero-order valence-corrected chi connectivity index (χ0v) is 16.9. The van der Waals surface area contributed by atoms with Gasteiger partial charge in [0.05, 0.1) is 5.56 Å². The summed E-state index contributed by atoms with van der Waals surface area (Å²) in [4.78, 5) is 15.1. The zero-order valence-electron chi connectivity index (χ0n) is 16.9. The number of fused-ring (bicyclic) bond motifs is 1. The molecule has 1 aromatic heterocycles. The van der Waals surface area contributed by atoms with Crippen molar-refractivity contribution in [2.24, 2.45) is 5.92 Å². The molecule has 1 aliphatic rings. The highest BCUT2D eigenvalue weighted by atomic mass is 19.4. The lowest BCUT2D eigenvalue weighted by atomic mass is 9.83. The SMILES string of the molecule is O=C(O)COc1cccc2c1CCC(C=Cc1nc(-c3cccc(C(F)(F)F)c3)co1)C2. The van der Waals surface area contributed by atoms with Crippen molar-refractivity contribution in [2.45, 2.75) is 25.4 Å². The predicted molar refractivity (Wildman–Crippen MR) is 111 cm³/mol. The molecule has 1 N–H and O–H groups in total. The molecule has 0 spiro atoms. The molecule has 0 aliphatic heterocycles. The van der Waals surface area contributed by atoms with Crippen molar-refractivity contribution in [3.63, 3.8) is 0 Å². The van der Waals surface area contributed by atoms with Crippen molar-refractivity contribution in [3.8, 4) is 17.0 Å². The fraction of sp³-hybridized carbons (Fsp3) is 0.250. The number of benzene rings is 2. The summed E-state index contributed by atoms with van der Waals surface area (Å²) < 4.78 is 49.6. The number of aromatic nitrogens is 1. The first-order chi connectivity index (χ1) is 15.3. The van der Waals surface area contributed by atoms with Gasteiger partial charge in [0.15, 0.2) is 6.61 Å². The summed E-state index contributed by atoms with van der Waals surface area (Å²) in [6.07, 6.45) is 3.00. The van der Waals surface area contributed by atoms with Crippen molar-refractivity contribution < 1.29 is 32.2 Å². The Balaban J connectivity index is 1.44. The van der Waals surface area contributed by atoms with Crippen molar-refractivity contribution in [1.82, 2.24) is 4.98 Å². The molecule has 1 aliphatic carbocycles. The Bertz CT molecular complexity index is 1150. The second-order valence-electron chi connectivity index (χ2n) is 7.59. The molecule has 4 rings (SSSR count). The van der Waals surface area contributed by atoms with E-state index in [2.05, 4.69) is 4.98 Å². The number of carboxylic acids is 1. The fourth-order valence-electron chi connectivity index (χ4n) is 3.81. The monoisotopic (exact) mass is 443 g/mol. The van der Waals surface area contributed by atoms with Crippen LogP contribution < -0.4 is 4.74 Å². The molecule has 0 radical (unpaired) electrons. The molecule has 1 heterocycles. The Hall–Kier alpha value is -3.55. The van der Waals surface area contributed by atoms with Gasteiger partial charge in [0.2, 0.25) is 5.89 Å². The van der Waals surface area contributed by atoms with E-state index in [9.17, 15) is 18.0 Å². The molecule has 0 saturated heterocycles. The van der Waals surface area contributed by atoms with Gasteiger partial charge in [-0.1, -0.05) is 30.3 Å². The topological polar surface area (TPSA) is 72.6 Å². The molecule has 0 fully saturated rings. The molecule has 2 aromatic carbocycles. The average molecular weight is 443 g/mol. The van der Waals surface area contributed by atoms with Crippen LogP contribution in [0.4, 0.5) is 13.2 Å². The quantitative estimate of drug-likeness (QED) is 0.534. The first-order valence-corrected chi connectivity index (χ1v) is 10.1. The average Bonchev–Trinajstić information content (AvgIpc) is 3.24. The van der Waals surface area contributed by atoms with E-state index in [1.165, 1.54) is 12.3 Å². The van der Waals surface area contributed by atoms with Crippen LogP contribution in [0.1, 0.15) is 29.0 Å². The molecule has 0 bridgehead atoms. The largest absolute Gasteiger partial charge is 0.482 e. The summed E-state index contributed by atoms with van der Waals surface area (Å²) >= 11 is 0. The van der Waals surface area contributed by atoms with Crippen molar-refractivity contribution in [2.75, 3.05) is 6.61 Å². The predicted octanol–water partition coefficient (Wildman–Crippen LogP) is 5.64. The Labute approximate surface area is 182 Å². The van der Waals surface area contributed by atoms with E-state index in [0.717, 1.165) is 42.5 Å². The minimum atomic E-state index is -4.42. The van der Waals surface area contributed by atoms with Gasteiger partial charge in [0.25, 0.3) is 0 Å². The fourth-order valence-corrected chi connectivity index (χ4v) is 3.81. The van der Waals surface area contributed by atoms with Gasteiger partial charge in [0.1, 0.15) is 17.7 Å². The number of rotatable bonds is 6. The van der Waals surface area contributed by atoms with Crippen LogP contribution in [0.25, 0.3) is 17.3 Å². The van der Waals surface area contributed by atoms with Crippen molar-refractivity contribution >= 4 is 12.0 Å². The van der Waals surface area contributed by atoms with E-state index in [1.54, 1.807) is 18.2 Å². The van der Waals surface area contributed by atoms with Crippen molar-refractivity contribution in [1.29, 1.82) is 0 Å². The summed E-state index contributed by atoms with van der Waals surface area (Å²) in [6, 6.07) is 10.6. The van der Waals surface area contributed by atoms with E-state index in [1.807, 2.05) is 18.2 Å². The standard InChI is InChI=1S/C24H20F3NO4/c25-24(26,27)18-5-1-4-17(12-18)20-13-32-22(28-20)10-8-15-7-9-19-16(11-15)3-2-6-21(19)31-14-23(29)30/h1-6,8,10,12-13,15H,7,9,11,14H2,(H,29,30). The first kappa shape index (κ1) is 21.7. The molecule has 0 saturated carbocycles. The molecule has 32 heavy (non-hydrogen) atoms. The minimum Gasteiger partial charge on any atom is -0.482 e. The van der Waals surface area contributed by atoms with E-state index in [0.29, 0.717) is 22.9 Å². The molecule has 0 amide bonds. The van der Waals surface area contributed by atoms with E-state index < -0.39 is 17.7 Å². The second-order valence-corrected chi connectivity index (χ2v) is 7.59. The molecule has 1 unspecified atom stereocenters. The Kier molecular flexibility index (Phi) is 6.03. The van der Waals surface area contributed by atoms with Crippen LogP contribution in [0.2, 0.25) is 0 Å². The molecule has 8 heteroatoms. The van der Waals surface area contributed by atoms with Crippen LogP contribution in [0.3, 0.4) is 0 Å². The first-order valence-electron chi connectivity index (χ1n) is 10.1. The number of oxazole rings is 1. The molecule has 1 atom stereocenters. The minimum absolute atomic E-state index is 0.223. The van der Waals surface area contributed by atoms with Gasteiger partial charge in [-0.3, -0.25) is 0 Å². The van der Waals surface area contributed by atoms with Gasteiger partial charge < -0.3 is 14.3 Å². The smallest absolute Gasteiger partial charge is 0.416 e. The highest BCUT2D eigenvalue weighted by molar-refractivity contribution is 5.68. The number of hydrogen-bond acceptors (Lipinski definition) is 4. The Morgan fingerprint density at radius 3 is 2.84 bits per heavy atom. The van der Waals surface area contributed by atoms with Gasteiger partial charge in [-0.15, -0.1) is 0 Å². The van der Waals surface area contributed by atoms with E-state index in [4.69, 9.17) is 14.3 Å². The van der Waals surface area contributed by atoms with Crippen LogP contribution in [-0.4, -0.2) is 22.7 Å². The van der Waals surface area contributed by atoms with Gasteiger partial charge in [-0.2, -0.15) is 13.2 Å². The number of halogens is 3. The Morgan fingerprint density at radius 1 is 1.25 bits per heavy atom. The summed E-state index contributed by atoms with van der Waals surface area (Å²) in [5.41, 5.74) is 2.07. The summed E-state index contributed by atoms with van der Waals surface area (Å²) in [5.74, 6) is 0.128. The number of ether oxygens (including phenoxy) is 1. The highest BCUT2D eigenvalue weighted by Crippen LogP contribution is 2.34. The molecular weight excluding hydrogens is 423 g/mol. The lowest BCUT2D eigenvalue weighted by Gasteiger charge is -2.24. The normalized spacial score (nSPS) is 16.2. The lowest BCUT2D eigenvalue weighted by molar-refractivity contribution is -0.139. The zero-order chi connectivity index (χ0) is 22.7. The van der Waals surface area contributed by atoms with Crippen LogP contribution in [-0.2, 0) is 23.8 Å². The maximum Gasteiger partial charge on any atom is 0.416 e. The summed E-state index contributed by atoms with van der Waals surface area (Å²) in [5, 5.41) is 8.82. The number of aliphatic carboxylic acids is 1. The molecule has 3 aromatic rings. The number of carbonyl (C=O) groups is 1. The van der Waals surface area contributed by atoms with Gasteiger partial charge in [-0.05, 0) is 60.6 Å². The third-order valence-electron chi connectivity index (χ3n) is 5.35. The van der Waals surface area contributed by atoms with Gasteiger partial charge in [0, 0.05) is 5.56 Å². The number of alkyl halides is 3. The second kappa shape index (κ2) is 8.90. The van der Waals surface area contributed by atoms with E-state index in [-0.39, 0.29) is 12.5 Å².